The number of hydrogen-bond acceptors (Lipinski definition) is 3. The molecule has 2 aromatic rings. The standard InChI is InChI=1S/C16H22N4O/c1-10-9-19-15-14(10)13(6-7-18-15)20-16(21)12-4-2-11(8-17)3-5-12/h6-7,9,11-12H,2-5,8,17H2,1H3,(H2,18,19,20,21). The third-order valence-electron chi connectivity index (χ3n) is 4.58. The van der Waals surface area contributed by atoms with Gasteiger partial charge in [-0.05, 0) is 56.7 Å². The van der Waals surface area contributed by atoms with Crippen LogP contribution in [0.4, 0.5) is 5.69 Å². The van der Waals surface area contributed by atoms with Gasteiger partial charge in [0.05, 0.1) is 5.69 Å². The Bertz CT molecular complexity index is 641. The van der Waals surface area contributed by atoms with Gasteiger partial charge in [0.25, 0.3) is 0 Å². The summed E-state index contributed by atoms with van der Waals surface area (Å²) in [5, 5.41) is 4.09. The topological polar surface area (TPSA) is 83.8 Å². The number of H-pyrrole nitrogens is 1. The van der Waals surface area contributed by atoms with Crippen molar-refractivity contribution in [3.05, 3.63) is 24.0 Å². The van der Waals surface area contributed by atoms with Crippen molar-refractivity contribution in [3.63, 3.8) is 0 Å². The van der Waals surface area contributed by atoms with Crippen molar-refractivity contribution in [2.24, 2.45) is 17.6 Å². The number of nitrogens with zero attached hydrogens (tertiary/aromatic N) is 1. The minimum atomic E-state index is 0.107. The number of carbonyl (C=O) groups excluding carboxylic acids is 1. The number of carbonyl (C=O) groups is 1. The van der Waals surface area contributed by atoms with Crippen molar-refractivity contribution < 1.29 is 4.79 Å². The molecule has 0 unspecified atom stereocenters. The number of nitrogens with two attached hydrogens (primary N) is 1. The molecule has 4 N–H and O–H groups in total. The molecule has 0 atom stereocenters. The van der Waals surface area contributed by atoms with E-state index < -0.39 is 0 Å². The van der Waals surface area contributed by atoms with Gasteiger partial charge in [0, 0.05) is 23.7 Å². The van der Waals surface area contributed by atoms with Gasteiger partial charge in [0.2, 0.25) is 5.91 Å². The highest BCUT2D eigenvalue weighted by Gasteiger charge is 2.26. The second-order valence-corrected chi connectivity index (χ2v) is 6.00. The fourth-order valence-electron chi connectivity index (χ4n) is 3.22. The van der Waals surface area contributed by atoms with E-state index in [1.807, 2.05) is 19.2 Å². The van der Waals surface area contributed by atoms with Gasteiger partial charge in [0.15, 0.2) is 0 Å². The van der Waals surface area contributed by atoms with Gasteiger partial charge >= 0.3 is 0 Å². The molecule has 0 bridgehead atoms. The molecule has 0 radical (unpaired) electrons. The Morgan fingerprint density at radius 3 is 2.90 bits per heavy atom. The van der Waals surface area contributed by atoms with Crippen LogP contribution in [0.25, 0.3) is 11.0 Å². The highest BCUT2D eigenvalue weighted by molar-refractivity contribution is 6.02. The SMILES string of the molecule is Cc1c[nH]c2nccc(NC(=O)C3CCC(CN)CC3)c12. The van der Waals surface area contributed by atoms with Crippen molar-refractivity contribution in [1.82, 2.24) is 9.97 Å². The van der Waals surface area contributed by atoms with Crippen LogP contribution >= 0.6 is 0 Å². The average molecular weight is 286 g/mol. The van der Waals surface area contributed by atoms with E-state index in [2.05, 4.69) is 15.3 Å². The van der Waals surface area contributed by atoms with Crippen molar-refractivity contribution >= 4 is 22.6 Å². The third-order valence-corrected chi connectivity index (χ3v) is 4.58. The summed E-state index contributed by atoms with van der Waals surface area (Å²) in [6, 6.07) is 1.87. The van der Waals surface area contributed by atoms with Gasteiger partial charge in [-0.2, -0.15) is 0 Å². The summed E-state index contributed by atoms with van der Waals surface area (Å²) in [7, 11) is 0. The molecule has 2 heterocycles. The first-order valence-electron chi connectivity index (χ1n) is 7.62. The number of aryl methyl sites for hydroxylation is 1. The van der Waals surface area contributed by atoms with Gasteiger partial charge in [-0.3, -0.25) is 4.79 Å². The summed E-state index contributed by atoms with van der Waals surface area (Å²) in [5.74, 6) is 0.822. The van der Waals surface area contributed by atoms with E-state index in [9.17, 15) is 4.79 Å². The summed E-state index contributed by atoms with van der Waals surface area (Å²) >= 11 is 0. The largest absolute Gasteiger partial charge is 0.346 e. The predicted octanol–water partition coefficient (Wildman–Crippen LogP) is 2.57. The van der Waals surface area contributed by atoms with Crippen LogP contribution in [0, 0.1) is 18.8 Å². The lowest BCUT2D eigenvalue weighted by Crippen LogP contribution is -2.29. The summed E-state index contributed by atoms with van der Waals surface area (Å²) < 4.78 is 0. The van der Waals surface area contributed by atoms with Crippen LogP contribution in [0.3, 0.4) is 0 Å². The van der Waals surface area contributed by atoms with E-state index in [1.54, 1.807) is 6.20 Å². The zero-order valence-electron chi connectivity index (χ0n) is 12.4. The van der Waals surface area contributed by atoms with Crippen LogP contribution in [0.1, 0.15) is 31.2 Å². The minimum absolute atomic E-state index is 0.107. The Balaban J connectivity index is 1.73. The van der Waals surface area contributed by atoms with Crippen molar-refractivity contribution in [2.45, 2.75) is 32.6 Å². The molecule has 5 nitrogen and oxygen atoms in total. The first-order chi connectivity index (χ1) is 10.2. The second-order valence-electron chi connectivity index (χ2n) is 6.00. The van der Waals surface area contributed by atoms with Gasteiger partial charge in [-0.15, -0.1) is 0 Å². The Labute approximate surface area is 124 Å². The molecule has 0 aromatic carbocycles. The van der Waals surface area contributed by atoms with E-state index in [4.69, 9.17) is 5.73 Å². The molecule has 5 heteroatoms. The molecule has 1 aliphatic carbocycles. The zero-order chi connectivity index (χ0) is 14.8. The van der Waals surface area contributed by atoms with Crippen LogP contribution < -0.4 is 11.1 Å². The molecule has 21 heavy (non-hydrogen) atoms. The molecule has 1 fully saturated rings. The molecule has 3 rings (SSSR count). The smallest absolute Gasteiger partial charge is 0.227 e. The molecule has 1 amide bonds. The Morgan fingerprint density at radius 2 is 2.19 bits per heavy atom. The lowest BCUT2D eigenvalue weighted by Gasteiger charge is -2.26. The van der Waals surface area contributed by atoms with Crippen LogP contribution in [-0.2, 0) is 4.79 Å². The molecule has 0 saturated heterocycles. The van der Waals surface area contributed by atoms with Gasteiger partial charge in [0.1, 0.15) is 5.65 Å². The number of amides is 1. The molecule has 1 saturated carbocycles. The molecule has 1 aliphatic rings. The normalized spacial score (nSPS) is 22.4. The lowest BCUT2D eigenvalue weighted by atomic mass is 9.81. The van der Waals surface area contributed by atoms with Gasteiger partial charge in [-0.1, -0.05) is 0 Å². The third kappa shape index (κ3) is 2.78. The van der Waals surface area contributed by atoms with Crippen LogP contribution in [0.2, 0.25) is 0 Å². The number of anilines is 1. The quantitative estimate of drug-likeness (QED) is 0.811. The summed E-state index contributed by atoms with van der Waals surface area (Å²) in [5.41, 5.74) is 8.47. The van der Waals surface area contributed by atoms with Gasteiger partial charge < -0.3 is 16.0 Å². The van der Waals surface area contributed by atoms with E-state index in [0.717, 1.165) is 54.5 Å². The number of pyridine rings is 1. The maximum atomic E-state index is 12.5. The van der Waals surface area contributed by atoms with Crippen LogP contribution in [-0.4, -0.2) is 22.4 Å². The fraction of sp³-hybridized carbons (Fsp3) is 0.500. The van der Waals surface area contributed by atoms with Crippen LogP contribution in [0.15, 0.2) is 18.5 Å². The molecule has 2 aromatic heterocycles. The second kappa shape index (κ2) is 5.85. The number of aromatic amines is 1. The maximum Gasteiger partial charge on any atom is 0.227 e. The minimum Gasteiger partial charge on any atom is -0.346 e. The summed E-state index contributed by atoms with van der Waals surface area (Å²) in [4.78, 5) is 19.9. The number of nitrogens with one attached hydrogen (secondary N) is 2. The van der Waals surface area contributed by atoms with Crippen molar-refractivity contribution in [1.29, 1.82) is 0 Å². The fourth-order valence-corrected chi connectivity index (χ4v) is 3.22. The van der Waals surface area contributed by atoms with Gasteiger partial charge in [-0.25, -0.2) is 4.98 Å². The molecule has 112 valence electrons. The number of hydrogen-bond donors (Lipinski definition) is 3. The molecule has 0 aliphatic heterocycles. The Hall–Kier alpha value is -1.88. The molecular formula is C16H22N4O. The first-order valence-corrected chi connectivity index (χ1v) is 7.62. The predicted molar refractivity (Wildman–Crippen MR) is 84.0 cm³/mol. The monoisotopic (exact) mass is 286 g/mol. The number of fused-ring (bicyclic) bond motifs is 1. The van der Waals surface area contributed by atoms with Crippen molar-refractivity contribution in [3.8, 4) is 0 Å². The zero-order valence-corrected chi connectivity index (χ0v) is 12.4. The lowest BCUT2D eigenvalue weighted by molar-refractivity contribution is -0.121. The maximum absolute atomic E-state index is 12.5. The van der Waals surface area contributed by atoms with Crippen molar-refractivity contribution in [2.75, 3.05) is 11.9 Å². The summed E-state index contributed by atoms with van der Waals surface area (Å²) in [6.45, 7) is 2.75. The molecule has 0 spiro atoms. The Kier molecular flexibility index (Phi) is 3.92. The van der Waals surface area contributed by atoms with E-state index in [-0.39, 0.29) is 11.8 Å². The van der Waals surface area contributed by atoms with E-state index in [0.29, 0.717) is 5.92 Å². The highest BCUT2D eigenvalue weighted by atomic mass is 16.1. The number of aromatic nitrogens is 2. The first kappa shape index (κ1) is 14.1. The molecular weight excluding hydrogens is 264 g/mol. The average Bonchev–Trinajstić information content (AvgIpc) is 2.90. The summed E-state index contributed by atoms with van der Waals surface area (Å²) in [6.07, 6.45) is 7.63. The van der Waals surface area contributed by atoms with E-state index in [1.165, 1.54) is 0 Å². The van der Waals surface area contributed by atoms with Crippen LogP contribution in [0.5, 0.6) is 0 Å². The highest BCUT2D eigenvalue weighted by Crippen LogP contribution is 2.30. The Morgan fingerprint density at radius 1 is 1.43 bits per heavy atom. The van der Waals surface area contributed by atoms with E-state index >= 15 is 0 Å². The number of rotatable bonds is 3.